The van der Waals surface area contributed by atoms with Gasteiger partial charge in [-0.2, -0.15) is 0 Å². The van der Waals surface area contributed by atoms with Crippen LogP contribution in [0.4, 0.5) is 0 Å². The minimum atomic E-state index is -0.390. The molecule has 4 unspecified atom stereocenters. The van der Waals surface area contributed by atoms with E-state index in [0.29, 0.717) is 0 Å². The molecule has 1 heterocycles. The zero-order valence-corrected chi connectivity index (χ0v) is 32.1. The van der Waals surface area contributed by atoms with Crippen molar-refractivity contribution in [2.75, 3.05) is 27.4 Å². The van der Waals surface area contributed by atoms with E-state index in [1.807, 2.05) is 0 Å². The molecule has 0 amide bonds. The summed E-state index contributed by atoms with van der Waals surface area (Å²) < 4.78 is 36.6. The fourth-order valence-electron chi connectivity index (χ4n) is 7.41. The number of rotatable bonds is 20. The molecule has 7 heteroatoms. The molecule has 2 aromatic carbocycles. The van der Waals surface area contributed by atoms with Crippen molar-refractivity contribution in [2.24, 2.45) is 0 Å². The Morgan fingerprint density at radius 1 is 0.688 bits per heavy atom. The van der Waals surface area contributed by atoms with Gasteiger partial charge in [0.1, 0.15) is 0 Å². The maximum Gasteiger partial charge on any atom is 0.494 e. The van der Waals surface area contributed by atoms with E-state index in [9.17, 15) is 0 Å². The Kier molecular flexibility index (Phi) is 13.8. The summed E-state index contributed by atoms with van der Waals surface area (Å²) in [6.07, 6.45) is 10.1. The lowest BCUT2D eigenvalue weighted by atomic mass is 9.68. The summed E-state index contributed by atoms with van der Waals surface area (Å²) in [5, 5.41) is 0. The molecule has 5 atom stereocenters. The molecule has 6 nitrogen and oxygen atoms in total. The van der Waals surface area contributed by atoms with Gasteiger partial charge in [-0.3, -0.25) is 0 Å². The predicted octanol–water partition coefficient (Wildman–Crippen LogP) is 8.95. The quantitative estimate of drug-likeness (QED) is 0.132. The molecule has 0 radical (unpaired) electrons. The molecule has 268 valence electrons. The zero-order valence-electron chi connectivity index (χ0n) is 32.1. The SMILES string of the molecule is CCC(CCOC(C)CCC[C@]1(CCCC(C)OCCC(C)OC)c2cc(C)ccc2-c2ccc(B3OC(C)(C)C(C)(C)O3)cc21)OC. The molecule has 0 spiro atoms. The minimum absolute atomic E-state index is 0.107. The van der Waals surface area contributed by atoms with Crippen molar-refractivity contribution in [1.82, 2.24) is 0 Å². The minimum Gasteiger partial charge on any atom is -0.399 e. The molecular weight excluding hydrogens is 599 g/mol. The van der Waals surface area contributed by atoms with E-state index >= 15 is 0 Å². The predicted molar refractivity (Wildman–Crippen MR) is 198 cm³/mol. The van der Waals surface area contributed by atoms with Crippen LogP contribution >= 0.6 is 0 Å². The summed E-state index contributed by atoms with van der Waals surface area (Å²) in [4.78, 5) is 0. The Labute approximate surface area is 293 Å². The van der Waals surface area contributed by atoms with Gasteiger partial charge < -0.3 is 28.3 Å². The van der Waals surface area contributed by atoms with Gasteiger partial charge in [0.05, 0.1) is 35.6 Å². The average molecular weight is 665 g/mol. The van der Waals surface area contributed by atoms with Crippen LogP contribution < -0.4 is 5.46 Å². The van der Waals surface area contributed by atoms with Gasteiger partial charge in [-0.1, -0.05) is 48.9 Å². The Morgan fingerprint density at radius 2 is 1.23 bits per heavy atom. The zero-order chi connectivity index (χ0) is 35.1. The van der Waals surface area contributed by atoms with Crippen LogP contribution in [0.5, 0.6) is 0 Å². The van der Waals surface area contributed by atoms with Gasteiger partial charge in [0.25, 0.3) is 0 Å². The molecule has 0 saturated carbocycles. The number of aryl methyl sites for hydroxylation is 1. The highest BCUT2D eigenvalue weighted by molar-refractivity contribution is 6.62. The van der Waals surface area contributed by atoms with E-state index in [-0.39, 0.29) is 48.2 Å². The normalized spacial score (nSPS) is 21.9. The van der Waals surface area contributed by atoms with Gasteiger partial charge in [0.15, 0.2) is 0 Å². The standard InChI is InChI=1S/C41H65BO6/c1-12-34(44-11)22-26-46-32(5)16-14-24-41(23-13-15-31(4)45-25-21-30(3)43-10)37-27-29(2)17-19-35(37)36-20-18-33(28-38(36)41)42-47-39(6,7)40(8,9)48-42/h17-20,27-28,30-32,34H,12-16,21-26H2,1-11H3/t30?,31?,32?,34?,41-/m1/s1. The maximum atomic E-state index is 6.56. The molecule has 1 aliphatic carbocycles. The molecule has 2 aromatic rings. The molecule has 0 bridgehead atoms. The molecule has 4 rings (SSSR count). The topological polar surface area (TPSA) is 55.4 Å². The summed E-state index contributed by atoms with van der Waals surface area (Å²) in [7, 11) is 3.17. The van der Waals surface area contributed by atoms with Gasteiger partial charge in [0, 0.05) is 32.8 Å². The van der Waals surface area contributed by atoms with E-state index in [0.717, 1.165) is 76.5 Å². The van der Waals surface area contributed by atoms with E-state index < -0.39 is 0 Å². The second kappa shape index (κ2) is 17.0. The van der Waals surface area contributed by atoms with Gasteiger partial charge >= 0.3 is 7.12 Å². The number of hydrogen-bond acceptors (Lipinski definition) is 6. The van der Waals surface area contributed by atoms with Gasteiger partial charge in [-0.15, -0.1) is 0 Å². The summed E-state index contributed by atoms with van der Waals surface area (Å²) in [6, 6.07) is 14.0. The second-order valence-electron chi connectivity index (χ2n) is 15.6. The molecule has 1 saturated heterocycles. The van der Waals surface area contributed by atoms with Crippen LogP contribution in [0.15, 0.2) is 36.4 Å². The number of methoxy groups -OCH3 is 2. The Hall–Kier alpha value is -1.74. The second-order valence-corrected chi connectivity index (χ2v) is 15.6. The number of benzene rings is 2. The van der Waals surface area contributed by atoms with E-state index in [2.05, 4.69) is 98.7 Å². The van der Waals surface area contributed by atoms with E-state index in [1.165, 1.54) is 27.8 Å². The monoisotopic (exact) mass is 664 g/mol. The third-order valence-corrected chi connectivity index (χ3v) is 11.5. The van der Waals surface area contributed by atoms with Crippen LogP contribution in [0.3, 0.4) is 0 Å². The summed E-state index contributed by atoms with van der Waals surface area (Å²) in [6.45, 7) is 20.9. The van der Waals surface area contributed by atoms with Crippen LogP contribution in [0, 0.1) is 6.92 Å². The van der Waals surface area contributed by atoms with Crippen LogP contribution in [0.2, 0.25) is 0 Å². The van der Waals surface area contributed by atoms with Crippen molar-refractivity contribution in [1.29, 1.82) is 0 Å². The fraction of sp³-hybridized carbons (Fsp3) is 0.707. The molecule has 2 aliphatic rings. The van der Waals surface area contributed by atoms with E-state index in [4.69, 9.17) is 28.3 Å². The van der Waals surface area contributed by atoms with Gasteiger partial charge in [-0.05, 0) is 141 Å². The smallest absolute Gasteiger partial charge is 0.399 e. The van der Waals surface area contributed by atoms with Crippen molar-refractivity contribution in [3.05, 3.63) is 53.1 Å². The lowest BCUT2D eigenvalue weighted by molar-refractivity contribution is 0.00578. The van der Waals surface area contributed by atoms with Gasteiger partial charge in [-0.25, -0.2) is 0 Å². The largest absolute Gasteiger partial charge is 0.494 e. The highest BCUT2D eigenvalue weighted by Crippen LogP contribution is 2.54. The summed E-state index contributed by atoms with van der Waals surface area (Å²) >= 11 is 0. The first-order valence-corrected chi connectivity index (χ1v) is 18.7. The van der Waals surface area contributed by atoms with Crippen molar-refractivity contribution in [3.63, 3.8) is 0 Å². The number of hydrogen-bond donors (Lipinski definition) is 0. The summed E-state index contributed by atoms with van der Waals surface area (Å²) in [5.41, 5.74) is 7.11. The van der Waals surface area contributed by atoms with Crippen molar-refractivity contribution >= 4 is 12.6 Å². The lowest BCUT2D eigenvalue weighted by Gasteiger charge is -2.34. The van der Waals surface area contributed by atoms with Crippen molar-refractivity contribution in [2.45, 2.75) is 161 Å². The maximum absolute atomic E-state index is 6.56. The molecule has 48 heavy (non-hydrogen) atoms. The van der Waals surface area contributed by atoms with Crippen LogP contribution in [0.1, 0.15) is 130 Å². The van der Waals surface area contributed by atoms with Crippen LogP contribution in [-0.2, 0) is 33.7 Å². The number of ether oxygens (including phenoxy) is 4. The molecule has 0 N–H and O–H groups in total. The highest BCUT2D eigenvalue weighted by Gasteiger charge is 2.52. The third kappa shape index (κ3) is 9.13. The highest BCUT2D eigenvalue weighted by atomic mass is 16.7. The van der Waals surface area contributed by atoms with Crippen LogP contribution in [0.25, 0.3) is 11.1 Å². The Bertz CT molecular complexity index is 1290. The molecule has 1 fully saturated rings. The fourth-order valence-corrected chi connectivity index (χ4v) is 7.41. The first kappa shape index (κ1) is 39.1. The first-order chi connectivity index (χ1) is 22.8. The van der Waals surface area contributed by atoms with Crippen molar-refractivity contribution in [3.8, 4) is 11.1 Å². The Morgan fingerprint density at radius 3 is 1.77 bits per heavy atom. The van der Waals surface area contributed by atoms with E-state index in [1.54, 1.807) is 14.2 Å². The summed E-state index contributed by atoms with van der Waals surface area (Å²) in [5.74, 6) is 0. The molecule has 0 aromatic heterocycles. The lowest BCUT2D eigenvalue weighted by Crippen LogP contribution is -2.41. The Balaban J connectivity index is 1.60. The molecular formula is C41H65BO6. The first-order valence-electron chi connectivity index (χ1n) is 18.7. The average Bonchev–Trinajstić information content (AvgIpc) is 3.43. The third-order valence-electron chi connectivity index (χ3n) is 11.5. The molecule has 1 aliphatic heterocycles. The van der Waals surface area contributed by atoms with Crippen molar-refractivity contribution < 1.29 is 28.3 Å². The number of fused-ring (bicyclic) bond motifs is 3. The van der Waals surface area contributed by atoms with Gasteiger partial charge in [0.2, 0.25) is 0 Å². The van der Waals surface area contributed by atoms with Crippen LogP contribution in [-0.4, -0.2) is 70.2 Å².